The Morgan fingerprint density at radius 3 is 2.64 bits per heavy atom. The number of carbonyl (C=O) groups excluding carboxylic acids is 1. The lowest BCUT2D eigenvalue weighted by atomic mass is 9.97. The highest BCUT2D eigenvalue weighted by molar-refractivity contribution is 7.89. The lowest BCUT2D eigenvalue weighted by molar-refractivity contribution is -0.126. The Kier molecular flexibility index (Phi) is 5.33. The minimum atomic E-state index is -3.66. The molecule has 0 radical (unpaired) electrons. The normalized spacial score (nSPS) is 16.3. The minimum absolute atomic E-state index is 0.0420. The summed E-state index contributed by atoms with van der Waals surface area (Å²) in [7, 11) is -3.66. The topological polar surface area (TPSA) is 105 Å². The number of hydrogen-bond donors (Lipinski definition) is 1. The fourth-order valence-electron chi connectivity index (χ4n) is 3.32. The number of fused-ring (bicyclic) bond motifs is 1. The Balaban J connectivity index is 1.39. The van der Waals surface area contributed by atoms with Crippen LogP contribution in [0, 0.1) is 5.92 Å². The average Bonchev–Trinajstić information content (AvgIpc) is 3.21. The van der Waals surface area contributed by atoms with Crippen molar-refractivity contribution in [3.63, 3.8) is 0 Å². The maximum absolute atomic E-state index is 13.0. The van der Waals surface area contributed by atoms with Gasteiger partial charge < -0.3 is 5.32 Å². The molecule has 1 saturated heterocycles. The van der Waals surface area contributed by atoms with Crippen LogP contribution in [0.15, 0.2) is 47.6 Å². The van der Waals surface area contributed by atoms with Gasteiger partial charge in [-0.05, 0) is 42.7 Å². The predicted octanol–water partition coefficient (Wildman–Crippen LogP) is 1.80. The first-order valence-corrected chi connectivity index (χ1v) is 11.1. The molecule has 1 aliphatic heterocycles. The summed E-state index contributed by atoms with van der Waals surface area (Å²) >= 11 is 0.998. The van der Waals surface area contributed by atoms with Crippen molar-refractivity contribution in [2.45, 2.75) is 24.3 Å². The van der Waals surface area contributed by atoms with Gasteiger partial charge in [-0.25, -0.2) is 8.42 Å². The second kappa shape index (κ2) is 7.90. The molecule has 0 bridgehead atoms. The number of benzene rings is 1. The number of nitrogens with one attached hydrogen (secondary N) is 1. The summed E-state index contributed by atoms with van der Waals surface area (Å²) < 4.78 is 35.8. The second-order valence-electron chi connectivity index (χ2n) is 6.64. The van der Waals surface area contributed by atoms with Crippen molar-refractivity contribution in [1.82, 2.24) is 23.4 Å². The fraction of sp³-hybridized carbons (Fsp3) is 0.333. The van der Waals surface area contributed by atoms with Crippen molar-refractivity contribution in [1.29, 1.82) is 0 Å². The van der Waals surface area contributed by atoms with Gasteiger partial charge in [-0.1, -0.05) is 6.07 Å². The Labute approximate surface area is 167 Å². The van der Waals surface area contributed by atoms with Crippen LogP contribution in [0.4, 0.5) is 0 Å². The van der Waals surface area contributed by atoms with Crippen LogP contribution in [-0.2, 0) is 21.4 Å². The van der Waals surface area contributed by atoms with E-state index in [1.54, 1.807) is 30.6 Å². The van der Waals surface area contributed by atoms with Crippen LogP contribution in [0.5, 0.6) is 0 Å². The quantitative estimate of drug-likeness (QED) is 0.679. The van der Waals surface area contributed by atoms with Gasteiger partial charge in [-0.3, -0.25) is 9.78 Å². The molecule has 0 atom stereocenters. The molecule has 3 aromatic rings. The molecule has 1 amide bonds. The lowest BCUT2D eigenvalue weighted by Gasteiger charge is -2.30. The summed E-state index contributed by atoms with van der Waals surface area (Å²) in [5, 5.41) is 2.92. The summed E-state index contributed by atoms with van der Waals surface area (Å²) in [6, 6.07) is 8.69. The third-order valence-electron chi connectivity index (χ3n) is 4.91. The molecule has 4 rings (SSSR count). The van der Waals surface area contributed by atoms with Crippen LogP contribution >= 0.6 is 11.7 Å². The summed E-state index contributed by atoms with van der Waals surface area (Å²) in [6.07, 6.45) is 4.35. The van der Waals surface area contributed by atoms with Crippen molar-refractivity contribution < 1.29 is 13.2 Å². The van der Waals surface area contributed by atoms with Gasteiger partial charge in [0, 0.05) is 37.9 Å². The summed E-state index contributed by atoms with van der Waals surface area (Å²) in [6.45, 7) is 1.06. The molecule has 0 saturated carbocycles. The molecule has 1 fully saturated rings. The largest absolute Gasteiger partial charge is 0.352 e. The van der Waals surface area contributed by atoms with E-state index in [-0.39, 0.29) is 16.7 Å². The van der Waals surface area contributed by atoms with Crippen LogP contribution in [0.2, 0.25) is 0 Å². The van der Waals surface area contributed by atoms with E-state index in [2.05, 4.69) is 19.0 Å². The predicted molar refractivity (Wildman–Crippen MR) is 105 cm³/mol. The van der Waals surface area contributed by atoms with Gasteiger partial charge in [-0.15, -0.1) is 0 Å². The highest BCUT2D eigenvalue weighted by Gasteiger charge is 2.33. The number of aromatic nitrogens is 3. The van der Waals surface area contributed by atoms with Gasteiger partial charge in [0.05, 0.1) is 11.7 Å². The Morgan fingerprint density at radius 1 is 1.14 bits per heavy atom. The van der Waals surface area contributed by atoms with E-state index in [1.165, 1.54) is 4.31 Å². The SMILES string of the molecule is O=C(NCc1ccncc1)C1CCN(S(=O)(=O)c2cccc3nsnc23)CC1. The zero-order chi connectivity index (χ0) is 19.6. The average molecular weight is 418 g/mol. The summed E-state index contributed by atoms with van der Waals surface area (Å²) in [5.74, 6) is -0.232. The van der Waals surface area contributed by atoms with Gasteiger partial charge in [-0.2, -0.15) is 13.1 Å². The molecule has 1 aliphatic rings. The molecule has 0 spiro atoms. The first-order chi connectivity index (χ1) is 13.6. The lowest BCUT2D eigenvalue weighted by Crippen LogP contribution is -2.42. The van der Waals surface area contributed by atoms with Gasteiger partial charge in [0.1, 0.15) is 15.9 Å². The maximum atomic E-state index is 13.0. The summed E-state index contributed by atoms with van der Waals surface area (Å²) in [4.78, 5) is 16.6. The molecule has 0 aliphatic carbocycles. The monoisotopic (exact) mass is 417 g/mol. The van der Waals surface area contributed by atoms with Crippen molar-refractivity contribution in [3.05, 3.63) is 48.3 Å². The molecule has 28 heavy (non-hydrogen) atoms. The molecule has 1 aromatic carbocycles. The highest BCUT2D eigenvalue weighted by atomic mass is 32.2. The molecule has 146 valence electrons. The molecule has 10 heteroatoms. The Morgan fingerprint density at radius 2 is 1.89 bits per heavy atom. The van der Waals surface area contributed by atoms with E-state index in [0.29, 0.717) is 43.5 Å². The number of hydrogen-bond acceptors (Lipinski definition) is 7. The van der Waals surface area contributed by atoms with Gasteiger partial charge in [0.15, 0.2) is 0 Å². The Hall–Kier alpha value is -2.43. The van der Waals surface area contributed by atoms with Crippen molar-refractivity contribution in [2.75, 3.05) is 13.1 Å². The van der Waals surface area contributed by atoms with E-state index >= 15 is 0 Å². The number of carbonyl (C=O) groups is 1. The third-order valence-corrected chi connectivity index (χ3v) is 7.38. The zero-order valence-electron chi connectivity index (χ0n) is 15.0. The minimum Gasteiger partial charge on any atom is -0.352 e. The van der Waals surface area contributed by atoms with Crippen molar-refractivity contribution in [3.8, 4) is 0 Å². The molecular weight excluding hydrogens is 398 g/mol. The van der Waals surface area contributed by atoms with Gasteiger partial charge in [0.2, 0.25) is 15.9 Å². The molecule has 1 N–H and O–H groups in total. The van der Waals surface area contributed by atoms with Crippen LogP contribution in [-0.4, -0.2) is 45.5 Å². The maximum Gasteiger partial charge on any atom is 0.245 e. The first-order valence-electron chi connectivity index (χ1n) is 8.94. The number of pyridine rings is 1. The second-order valence-corrected chi connectivity index (χ2v) is 9.07. The van der Waals surface area contributed by atoms with Crippen LogP contribution in [0.1, 0.15) is 18.4 Å². The van der Waals surface area contributed by atoms with E-state index in [0.717, 1.165) is 17.3 Å². The first kappa shape index (κ1) is 18.9. The smallest absolute Gasteiger partial charge is 0.245 e. The van der Waals surface area contributed by atoms with Gasteiger partial charge in [0.25, 0.3) is 0 Å². The number of piperidine rings is 1. The van der Waals surface area contributed by atoms with E-state index in [9.17, 15) is 13.2 Å². The van der Waals surface area contributed by atoms with E-state index in [1.807, 2.05) is 12.1 Å². The fourth-order valence-corrected chi connectivity index (χ4v) is 5.54. The summed E-state index contributed by atoms with van der Waals surface area (Å²) in [5.41, 5.74) is 1.97. The molecule has 2 aromatic heterocycles. The number of amides is 1. The highest BCUT2D eigenvalue weighted by Crippen LogP contribution is 2.28. The number of nitrogens with zero attached hydrogens (tertiary/aromatic N) is 4. The number of rotatable bonds is 5. The van der Waals surface area contributed by atoms with Crippen molar-refractivity contribution in [2.24, 2.45) is 5.92 Å². The molecule has 0 unspecified atom stereocenters. The van der Waals surface area contributed by atoms with Crippen LogP contribution < -0.4 is 5.32 Å². The standard InChI is InChI=1S/C18H19N5O3S2/c24-18(20-12-13-4-8-19-9-5-13)14-6-10-23(11-7-14)28(25,26)16-3-1-2-15-17(16)22-27-21-15/h1-5,8-9,14H,6-7,10-12H2,(H,20,24). The van der Waals surface area contributed by atoms with E-state index < -0.39 is 10.0 Å². The van der Waals surface area contributed by atoms with E-state index in [4.69, 9.17) is 0 Å². The van der Waals surface area contributed by atoms with Crippen LogP contribution in [0.3, 0.4) is 0 Å². The Bertz CT molecular complexity index is 1080. The third kappa shape index (κ3) is 3.75. The molecule has 3 heterocycles. The van der Waals surface area contributed by atoms with Crippen molar-refractivity contribution >= 4 is 38.7 Å². The molecular formula is C18H19N5O3S2. The van der Waals surface area contributed by atoms with Gasteiger partial charge >= 0.3 is 0 Å². The zero-order valence-corrected chi connectivity index (χ0v) is 16.6. The number of sulfonamides is 1. The van der Waals surface area contributed by atoms with Crippen LogP contribution in [0.25, 0.3) is 11.0 Å². The molecule has 8 nitrogen and oxygen atoms in total.